The zero-order chi connectivity index (χ0) is 12.8. The molecule has 2 heteroatoms. The van der Waals surface area contributed by atoms with E-state index in [0.29, 0.717) is 0 Å². The minimum absolute atomic E-state index is 0.00751. The summed E-state index contributed by atoms with van der Waals surface area (Å²) in [7, 11) is 0. The van der Waals surface area contributed by atoms with Gasteiger partial charge in [0.1, 0.15) is 5.60 Å². The number of hydrogen-bond acceptors (Lipinski definition) is 1. The Morgan fingerprint density at radius 3 is 2.78 bits per heavy atom. The zero-order valence-corrected chi connectivity index (χ0v) is 11.8. The van der Waals surface area contributed by atoms with Gasteiger partial charge in [-0.25, -0.2) is 0 Å². The van der Waals surface area contributed by atoms with Crippen molar-refractivity contribution in [3.63, 3.8) is 0 Å². The Morgan fingerprint density at radius 2 is 2.11 bits per heavy atom. The van der Waals surface area contributed by atoms with Gasteiger partial charge < -0.3 is 4.74 Å². The van der Waals surface area contributed by atoms with Gasteiger partial charge in [-0.1, -0.05) is 43.7 Å². The maximum Gasteiger partial charge on any atom is 0.118 e. The van der Waals surface area contributed by atoms with Crippen molar-refractivity contribution in [3.8, 4) is 0 Å². The molecule has 0 amide bonds. The number of benzene rings is 1. The molecule has 0 bridgehead atoms. The molecule has 3 rings (SSSR count). The Balaban J connectivity index is 1.97. The van der Waals surface area contributed by atoms with Crippen molar-refractivity contribution >= 4 is 17.7 Å². The van der Waals surface area contributed by atoms with Crippen LogP contribution in [0.2, 0.25) is 5.02 Å². The predicted molar refractivity (Wildman–Crippen MR) is 75.7 cm³/mol. The molecule has 96 valence electrons. The Morgan fingerprint density at radius 1 is 1.33 bits per heavy atom. The van der Waals surface area contributed by atoms with Crippen LogP contribution in [0, 0.1) is 5.41 Å². The number of hydrogen-bond donors (Lipinski definition) is 0. The van der Waals surface area contributed by atoms with Gasteiger partial charge in [-0.05, 0) is 47.9 Å². The van der Waals surface area contributed by atoms with Crippen LogP contribution in [-0.4, -0.2) is 12.2 Å². The fraction of sp³-hybridized carbons (Fsp3) is 0.500. The molecule has 1 aliphatic carbocycles. The smallest absolute Gasteiger partial charge is 0.118 e. The molecule has 1 atom stereocenters. The lowest BCUT2D eigenvalue weighted by atomic mass is 9.66. The van der Waals surface area contributed by atoms with Crippen molar-refractivity contribution in [2.24, 2.45) is 5.41 Å². The second-order valence-electron chi connectivity index (χ2n) is 6.08. The van der Waals surface area contributed by atoms with Gasteiger partial charge in [0.25, 0.3) is 0 Å². The number of epoxide rings is 1. The normalized spacial score (nSPS) is 31.8. The minimum Gasteiger partial charge on any atom is -0.364 e. The van der Waals surface area contributed by atoms with E-state index in [0.717, 1.165) is 18.1 Å². The molecular weight excluding hydrogens is 244 g/mol. The average Bonchev–Trinajstić information content (AvgIpc) is 3.07. The van der Waals surface area contributed by atoms with E-state index in [1.807, 2.05) is 18.2 Å². The monoisotopic (exact) mass is 262 g/mol. The highest BCUT2D eigenvalue weighted by molar-refractivity contribution is 6.30. The molecule has 2 fully saturated rings. The molecule has 1 aliphatic heterocycles. The zero-order valence-electron chi connectivity index (χ0n) is 11.0. The lowest BCUT2D eigenvalue weighted by Crippen LogP contribution is -2.38. The maximum atomic E-state index is 6.04. The summed E-state index contributed by atoms with van der Waals surface area (Å²) in [4.78, 5) is 0. The van der Waals surface area contributed by atoms with Crippen LogP contribution in [0.4, 0.5) is 0 Å². The largest absolute Gasteiger partial charge is 0.364 e. The minimum atomic E-state index is 0.00751. The highest BCUT2D eigenvalue weighted by Gasteiger charge is 2.59. The second-order valence-corrected chi connectivity index (χ2v) is 6.51. The highest BCUT2D eigenvalue weighted by Crippen LogP contribution is 2.57. The first-order valence-electron chi connectivity index (χ1n) is 6.64. The third-order valence-electron chi connectivity index (χ3n) is 4.48. The first-order valence-corrected chi connectivity index (χ1v) is 7.02. The summed E-state index contributed by atoms with van der Waals surface area (Å²) < 4.78 is 5.87. The Bertz CT molecular complexity index is 498. The van der Waals surface area contributed by atoms with E-state index in [9.17, 15) is 0 Å². The molecule has 18 heavy (non-hydrogen) atoms. The molecule has 1 nitrogen and oxygen atoms in total. The lowest BCUT2D eigenvalue weighted by Gasteiger charge is -2.38. The van der Waals surface area contributed by atoms with E-state index < -0.39 is 0 Å². The Labute approximate surface area is 114 Å². The van der Waals surface area contributed by atoms with E-state index in [-0.39, 0.29) is 11.0 Å². The summed E-state index contributed by atoms with van der Waals surface area (Å²) in [6, 6.07) is 8.05. The van der Waals surface area contributed by atoms with Crippen LogP contribution in [0.25, 0.3) is 6.08 Å². The van der Waals surface area contributed by atoms with Gasteiger partial charge in [-0.2, -0.15) is 0 Å². The van der Waals surface area contributed by atoms with E-state index in [2.05, 4.69) is 26.0 Å². The van der Waals surface area contributed by atoms with Crippen molar-refractivity contribution < 1.29 is 4.74 Å². The molecule has 1 saturated carbocycles. The molecule has 2 aliphatic rings. The van der Waals surface area contributed by atoms with E-state index >= 15 is 0 Å². The third kappa shape index (κ3) is 1.90. The quantitative estimate of drug-likeness (QED) is 0.668. The van der Waals surface area contributed by atoms with E-state index in [1.54, 1.807) is 0 Å². The molecule has 0 radical (unpaired) electrons. The van der Waals surface area contributed by atoms with Crippen LogP contribution < -0.4 is 0 Å². The summed E-state index contributed by atoms with van der Waals surface area (Å²) in [5.41, 5.74) is 2.90. The standard InChI is InChI=1S/C16H19ClO/c1-15(2)8-4-6-13(16(15)11-18-16)9-12-5-3-7-14(17)10-12/h3,5,7,9-10H,4,6,8,11H2,1-2H3. The van der Waals surface area contributed by atoms with E-state index in [1.165, 1.54) is 24.0 Å². The van der Waals surface area contributed by atoms with E-state index in [4.69, 9.17) is 16.3 Å². The van der Waals surface area contributed by atoms with Crippen LogP contribution in [0.5, 0.6) is 0 Å². The van der Waals surface area contributed by atoms with Gasteiger partial charge in [0.2, 0.25) is 0 Å². The topological polar surface area (TPSA) is 12.5 Å². The summed E-state index contributed by atoms with van der Waals surface area (Å²) in [5.74, 6) is 0. The van der Waals surface area contributed by atoms with Crippen LogP contribution in [0.3, 0.4) is 0 Å². The van der Waals surface area contributed by atoms with Gasteiger partial charge in [0, 0.05) is 5.02 Å². The Kier molecular flexibility index (Phi) is 2.80. The van der Waals surface area contributed by atoms with Crippen LogP contribution in [-0.2, 0) is 4.74 Å². The second kappa shape index (κ2) is 4.11. The summed E-state index contributed by atoms with van der Waals surface area (Å²) in [5, 5.41) is 0.796. The Hall–Kier alpha value is -0.790. The van der Waals surface area contributed by atoms with Gasteiger partial charge in [0.15, 0.2) is 0 Å². The average molecular weight is 263 g/mol. The number of ether oxygens (including phenoxy) is 1. The van der Waals surface area contributed by atoms with Crippen molar-refractivity contribution in [1.29, 1.82) is 0 Å². The van der Waals surface area contributed by atoms with Crippen molar-refractivity contribution in [1.82, 2.24) is 0 Å². The molecule has 1 aromatic rings. The number of rotatable bonds is 1. The molecular formula is C16H19ClO. The van der Waals surface area contributed by atoms with Gasteiger partial charge in [-0.15, -0.1) is 0 Å². The maximum absolute atomic E-state index is 6.04. The van der Waals surface area contributed by atoms with Gasteiger partial charge in [-0.3, -0.25) is 0 Å². The lowest BCUT2D eigenvalue weighted by molar-refractivity contribution is 0.131. The van der Waals surface area contributed by atoms with Gasteiger partial charge in [0.05, 0.1) is 6.61 Å². The van der Waals surface area contributed by atoms with Crippen LogP contribution in [0.15, 0.2) is 29.8 Å². The van der Waals surface area contributed by atoms with Crippen LogP contribution >= 0.6 is 11.6 Å². The molecule has 1 saturated heterocycles. The summed E-state index contributed by atoms with van der Waals surface area (Å²) in [6.45, 7) is 5.53. The first-order chi connectivity index (χ1) is 8.53. The fourth-order valence-electron chi connectivity index (χ4n) is 3.19. The molecule has 1 heterocycles. The molecule has 0 aromatic heterocycles. The van der Waals surface area contributed by atoms with Crippen molar-refractivity contribution in [2.75, 3.05) is 6.61 Å². The van der Waals surface area contributed by atoms with Crippen LogP contribution in [0.1, 0.15) is 38.7 Å². The van der Waals surface area contributed by atoms with Gasteiger partial charge >= 0.3 is 0 Å². The predicted octanol–water partition coefficient (Wildman–Crippen LogP) is 4.70. The fourth-order valence-corrected chi connectivity index (χ4v) is 3.39. The van der Waals surface area contributed by atoms with Crippen molar-refractivity contribution in [3.05, 3.63) is 40.4 Å². The third-order valence-corrected chi connectivity index (χ3v) is 4.72. The summed E-state index contributed by atoms with van der Waals surface area (Å²) >= 11 is 6.04. The number of halogens is 1. The molecule has 1 aromatic carbocycles. The molecule has 0 N–H and O–H groups in total. The first kappa shape index (κ1) is 12.3. The van der Waals surface area contributed by atoms with Crippen molar-refractivity contribution in [2.45, 2.75) is 38.7 Å². The highest BCUT2D eigenvalue weighted by atomic mass is 35.5. The molecule has 1 spiro atoms. The molecule has 1 unspecified atom stereocenters. The SMILES string of the molecule is CC1(C)CCCC(=Cc2cccc(Cl)c2)C12CO2. The summed E-state index contributed by atoms with van der Waals surface area (Å²) in [6.07, 6.45) is 5.93.